The summed E-state index contributed by atoms with van der Waals surface area (Å²) >= 11 is 0. The molecule has 26 heavy (non-hydrogen) atoms. The SMILES string of the molecule is C=CC(=O)OCC(O)COC1CCC(C(C)(C)C2CCC(C)CC2)CC1. The normalized spacial score (nSPS) is 31.2. The van der Waals surface area contributed by atoms with Gasteiger partial charge in [-0.15, -0.1) is 0 Å². The van der Waals surface area contributed by atoms with E-state index in [2.05, 4.69) is 27.4 Å². The molecule has 2 aliphatic rings. The summed E-state index contributed by atoms with van der Waals surface area (Å²) in [5.41, 5.74) is 0.420. The summed E-state index contributed by atoms with van der Waals surface area (Å²) in [6, 6.07) is 0. The summed E-state index contributed by atoms with van der Waals surface area (Å²) in [5, 5.41) is 9.86. The number of rotatable bonds is 8. The van der Waals surface area contributed by atoms with E-state index in [1.54, 1.807) is 0 Å². The van der Waals surface area contributed by atoms with E-state index < -0.39 is 12.1 Å². The first-order valence-electron chi connectivity index (χ1n) is 10.4. The lowest BCUT2D eigenvalue weighted by Crippen LogP contribution is -2.38. The van der Waals surface area contributed by atoms with Crippen molar-refractivity contribution in [2.75, 3.05) is 13.2 Å². The van der Waals surface area contributed by atoms with E-state index in [4.69, 9.17) is 9.47 Å². The molecule has 0 aromatic heterocycles. The lowest BCUT2D eigenvalue weighted by atomic mass is 9.60. The molecule has 1 unspecified atom stereocenters. The van der Waals surface area contributed by atoms with Crippen molar-refractivity contribution in [1.82, 2.24) is 0 Å². The molecule has 0 saturated heterocycles. The molecule has 0 heterocycles. The molecule has 1 N–H and O–H groups in total. The molecule has 4 heteroatoms. The average Bonchev–Trinajstić information content (AvgIpc) is 2.65. The van der Waals surface area contributed by atoms with Crippen LogP contribution in [-0.2, 0) is 14.3 Å². The van der Waals surface area contributed by atoms with Gasteiger partial charge >= 0.3 is 5.97 Å². The van der Waals surface area contributed by atoms with E-state index in [-0.39, 0.29) is 19.3 Å². The van der Waals surface area contributed by atoms with Crippen LogP contribution in [0.2, 0.25) is 0 Å². The summed E-state index contributed by atoms with van der Waals surface area (Å²) in [7, 11) is 0. The second-order valence-electron chi connectivity index (χ2n) is 9.07. The van der Waals surface area contributed by atoms with Gasteiger partial charge in [-0.25, -0.2) is 4.79 Å². The number of carbonyl (C=O) groups is 1. The van der Waals surface area contributed by atoms with Gasteiger partial charge in [-0.05, 0) is 61.7 Å². The molecule has 4 nitrogen and oxygen atoms in total. The smallest absolute Gasteiger partial charge is 0.330 e. The third-order valence-electron chi connectivity index (χ3n) is 6.90. The molecule has 2 aliphatic carbocycles. The van der Waals surface area contributed by atoms with Gasteiger partial charge in [-0.1, -0.05) is 40.2 Å². The minimum atomic E-state index is -0.766. The third-order valence-corrected chi connectivity index (χ3v) is 6.90. The molecule has 150 valence electrons. The van der Waals surface area contributed by atoms with Crippen molar-refractivity contribution >= 4 is 5.97 Å². The van der Waals surface area contributed by atoms with E-state index in [1.165, 1.54) is 38.5 Å². The van der Waals surface area contributed by atoms with Crippen molar-refractivity contribution in [1.29, 1.82) is 0 Å². The van der Waals surface area contributed by atoms with Crippen molar-refractivity contribution in [3.63, 3.8) is 0 Å². The van der Waals surface area contributed by atoms with Crippen LogP contribution in [0.5, 0.6) is 0 Å². The van der Waals surface area contributed by atoms with Crippen LogP contribution in [0.4, 0.5) is 0 Å². The average molecular weight is 367 g/mol. The number of carbonyl (C=O) groups excluding carboxylic acids is 1. The summed E-state index contributed by atoms with van der Waals surface area (Å²) < 4.78 is 10.7. The van der Waals surface area contributed by atoms with Crippen LogP contribution in [0.15, 0.2) is 12.7 Å². The van der Waals surface area contributed by atoms with Crippen LogP contribution in [0.3, 0.4) is 0 Å². The Labute approximate surface area is 159 Å². The van der Waals surface area contributed by atoms with Gasteiger partial charge in [0.1, 0.15) is 12.7 Å². The predicted molar refractivity (Wildman–Crippen MR) is 104 cm³/mol. The Morgan fingerprint density at radius 3 is 2.15 bits per heavy atom. The summed E-state index contributed by atoms with van der Waals surface area (Å²) in [5.74, 6) is 2.04. The first-order chi connectivity index (χ1) is 12.3. The zero-order valence-electron chi connectivity index (χ0n) is 16.9. The lowest BCUT2D eigenvalue weighted by Gasteiger charge is -2.46. The monoisotopic (exact) mass is 366 g/mol. The minimum absolute atomic E-state index is 0.0344. The molecule has 0 bridgehead atoms. The topological polar surface area (TPSA) is 55.8 Å². The molecule has 0 spiro atoms. The molecule has 0 amide bonds. The van der Waals surface area contributed by atoms with E-state index in [0.717, 1.165) is 36.7 Å². The van der Waals surface area contributed by atoms with Crippen LogP contribution in [0.1, 0.15) is 72.1 Å². The molecule has 2 fully saturated rings. The number of ether oxygens (including phenoxy) is 2. The number of aliphatic hydroxyl groups is 1. The highest BCUT2D eigenvalue weighted by Crippen LogP contribution is 2.49. The summed E-state index contributed by atoms with van der Waals surface area (Å²) in [4.78, 5) is 11.0. The van der Waals surface area contributed by atoms with Gasteiger partial charge in [0.25, 0.3) is 0 Å². The largest absolute Gasteiger partial charge is 0.460 e. The van der Waals surface area contributed by atoms with Crippen LogP contribution in [0.25, 0.3) is 0 Å². The Morgan fingerprint density at radius 2 is 1.62 bits per heavy atom. The first kappa shape index (κ1) is 21.4. The highest BCUT2D eigenvalue weighted by atomic mass is 16.5. The maximum absolute atomic E-state index is 11.0. The Balaban J connectivity index is 1.69. The molecule has 0 radical (unpaired) electrons. The van der Waals surface area contributed by atoms with Crippen LogP contribution in [-0.4, -0.2) is 36.5 Å². The van der Waals surface area contributed by atoms with E-state index in [9.17, 15) is 9.90 Å². The zero-order chi connectivity index (χ0) is 19.2. The second kappa shape index (κ2) is 9.89. The Bertz CT molecular complexity index is 443. The summed E-state index contributed by atoms with van der Waals surface area (Å²) in [6.07, 6.45) is 10.7. The molecule has 2 saturated carbocycles. The van der Waals surface area contributed by atoms with E-state index in [0.29, 0.717) is 5.41 Å². The highest BCUT2D eigenvalue weighted by molar-refractivity contribution is 5.81. The van der Waals surface area contributed by atoms with Gasteiger partial charge in [0.05, 0.1) is 12.7 Å². The van der Waals surface area contributed by atoms with Crippen LogP contribution < -0.4 is 0 Å². The number of hydrogen-bond donors (Lipinski definition) is 1. The zero-order valence-corrected chi connectivity index (χ0v) is 16.9. The third kappa shape index (κ3) is 6.09. The van der Waals surface area contributed by atoms with Crippen molar-refractivity contribution in [2.45, 2.75) is 84.3 Å². The van der Waals surface area contributed by atoms with Crippen molar-refractivity contribution in [3.8, 4) is 0 Å². The number of aliphatic hydroxyl groups excluding tert-OH is 1. The molecule has 0 aliphatic heterocycles. The Kier molecular flexibility index (Phi) is 8.15. The molecular formula is C22H38O4. The fourth-order valence-corrected chi connectivity index (χ4v) is 4.84. The van der Waals surface area contributed by atoms with Crippen molar-refractivity contribution < 1.29 is 19.4 Å². The van der Waals surface area contributed by atoms with Crippen LogP contribution >= 0.6 is 0 Å². The maximum Gasteiger partial charge on any atom is 0.330 e. The number of esters is 1. The summed E-state index contributed by atoms with van der Waals surface area (Å²) in [6.45, 7) is 10.9. The fourth-order valence-electron chi connectivity index (χ4n) is 4.84. The lowest BCUT2D eigenvalue weighted by molar-refractivity contribution is -0.142. The second-order valence-corrected chi connectivity index (χ2v) is 9.07. The maximum atomic E-state index is 11.0. The van der Waals surface area contributed by atoms with E-state index in [1.807, 2.05) is 0 Å². The van der Waals surface area contributed by atoms with Gasteiger partial charge in [0.15, 0.2) is 0 Å². The number of hydrogen-bond acceptors (Lipinski definition) is 4. The molecule has 0 aromatic rings. The van der Waals surface area contributed by atoms with Gasteiger partial charge in [-0.2, -0.15) is 0 Å². The first-order valence-corrected chi connectivity index (χ1v) is 10.4. The Hall–Kier alpha value is -0.870. The van der Waals surface area contributed by atoms with Gasteiger partial charge in [-0.3, -0.25) is 0 Å². The fraction of sp³-hybridized carbons (Fsp3) is 0.864. The predicted octanol–water partition coefficient (Wildman–Crippen LogP) is 4.50. The molecule has 1 atom stereocenters. The standard InChI is InChI=1S/C22H38O4/c1-5-21(24)26-15-19(23)14-25-20-12-10-18(11-13-20)22(3,4)17-8-6-16(2)7-9-17/h5,16-20,23H,1,6-15H2,2-4H3. The van der Waals surface area contributed by atoms with Crippen LogP contribution in [0, 0.1) is 23.2 Å². The van der Waals surface area contributed by atoms with Crippen molar-refractivity contribution in [2.24, 2.45) is 23.2 Å². The molecule has 2 rings (SSSR count). The molecule has 0 aromatic carbocycles. The van der Waals surface area contributed by atoms with Gasteiger partial charge in [0.2, 0.25) is 0 Å². The van der Waals surface area contributed by atoms with Crippen molar-refractivity contribution in [3.05, 3.63) is 12.7 Å². The highest BCUT2D eigenvalue weighted by Gasteiger charge is 2.40. The van der Waals surface area contributed by atoms with Gasteiger partial charge in [0, 0.05) is 6.08 Å². The van der Waals surface area contributed by atoms with Gasteiger partial charge < -0.3 is 14.6 Å². The minimum Gasteiger partial charge on any atom is -0.460 e. The van der Waals surface area contributed by atoms with E-state index >= 15 is 0 Å². The quantitative estimate of drug-likeness (QED) is 0.507. The Morgan fingerprint density at radius 1 is 1.08 bits per heavy atom. The molecular weight excluding hydrogens is 328 g/mol.